The van der Waals surface area contributed by atoms with Crippen LogP contribution in [0.25, 0.3) is 16.7 Å². The van der Waals surface area contributed by atoms with E-state index < -0.39 is 0 Å². The molecular formula is C15H10ClN3S. The van der Waals surface area contributed by atoms with E-state index in [1.165, 1.54) is 0 Å². The van der Waals surface area contributed by atoms with Crippen molar-refractivity contribution in [3.63, 3.8) is 0 Å². The van der Waals surface area contributed by atoms with Crippen LogP contribution >= 0.6 is 23.8 Å². The third-order valence-corrected chi connectivity index (χ3v) is 3.64. The fourth-order valence-electron chi connectivity index (χ4n) is 2.19. The second-order valence-electron chi connectivity index (χ2n) is 4.43. The maximum Gasteiger partial charge on any atom is 0.182 e. The number of H-pyrrole nitrogens is 1. The normalized spacial score (nSPS) is 10.6. The van der Waals surface area contributed by atoms with Crippen LogP contribution in [0.5, 0.6) is 0 Å². The Bertz CT molecular complexity index is 869. The molecule has 1 aromatic heterocycles. The number of aromatic amines is 1. The summed E-state index contributed by atoms with van der Waals surface area (Å²) in [7, 11) is 0. The van der Waals surface area contributed by atoms with Gasteiger partial charge in [0.25, 0.3) is 0 Å². The molecule has 0 aliphatic heterocycles. The fraction of sp³-hybridized carbons (Fsp3) is 0.0667. The van der Waals surface area contributed by atoms with Crippen LogP contribution in [-0.4, -0.2) is 9.55 Å². The first-order chi connectivity index (χ1) is 9.69. The van der Waals surface area contributed by atoms with E-state index >= 15 is 0 Å². The van der Waals surface area contributed by atoms with Gasteiger partial charge in [-0.25, -0.2) is 0 Å². The molecule has 5 heteroatoms. The molecule has 20 heavy (non-hydrogen) atoms. The molecule has 0 saturated carbocycles. The number of halogens is 1. The van der Waals surface area contributed by atoms with Crippen LogP contribution in [0.3, 0.4) is 0 Å². The highest BCUT2D eigenvalue weighted by Crippen LogP contribution is 2.23. The number of imidazole rings is 1. The summed E-state index contributed by atoms with van der Waals surface area (Å²) in [6, 6.07) is 15.5. The third kappa shape index (κ3) is 2.22. The fourth-order valence-corrected chi connectivity index (χ4v) is 2.67. The number of fused-ring (bicyclic) bond motifs is 1. The molecule has 0 radical (unpaired) electrons. The molecule has 1 heterocycles. The largest absolute Gasteiger partial charge is 0.330 e. The van der Waals surface area contributed by atoms with Crippen LogP contribution in [0.15, 0.2) is 42.5 Å². The lowest BCUT2D eigenvalue weighted by Crippen LogP contribution is -1.94. The highest BCUT2D eigenvalue weighted by molar-refractivity contribution is 7.71. The zero-order chi connectivity index (χ0) is 14.1. The molecule has 0 amide bonds. The third-order valence-electron chi connectivity index (χ3n) is 3.12. The van der Waals surface area contributed by atoms with Crippen molar-refractivity contribution in [2.24, 2.45) is 0 Å². The monoisotopic (exact) mass is 299 g/mol. The Morgan fingerprint density at radius 1 is 1.20 bits per heavy atom. The van der Waals surface area contributed by atoms with E-state index in [1.54, 1.807) is 0 Å². The van der Waals surface area contributed by atoms with E-state index in [4.69, 9.17) is 29.1 Å². The molecule has 2 aromatic carbocycles. The quantitative estimate of drug-likeness (QED) is 0.712. The minimum absolute atomic E-state index is 0.408. The zero-order valence-electron chi connectivity index (χ0n) is 10.4. The van der Waals surface area contributed by atoms with Gasteiger partial charge < -0.3 is 4.98 Å². The molecular weight excluding hydrogens is 290 g/mol. The summed E-state index contributed by atoms with van der Waals surface area (Å²) in [5.74, 6) is 0. The van der Waals surface area contributed by atoms with Crippen LogP contribution in [0.4, 0.5) is 0 Å². The van der Waals surface area contributed by atoms with Crippen LogP contribution < -0.4 is 0 Å². The first-order valence-electron chi connectivity index (χ1n) is 6.05. The van der Waals surface area contributed by atoms with Crippen molar-refractivity contribution >= 4 is 34.9 Å². The van der Waals surface area contributed by atoms with Gasteiger partial charge in [0.05, 0.1) is 23.5 Å². The lowest BCUT2D eigenvalue weighted by atomic mass is 10.1. The lowest BCUT2D eigenvalue weighted by Gasteiger charge is -2.05. The van der Waals surface area contributed by atoms with E-state index in [9.17, 15) is 0 Å². The van der Waals surface area contributed by atoms with Gasteiger partial charge in [0.2, 0.25) is 0 Å². The van der Waals surface area contributed by atoms with Gasteiger partial charge in [-0.05, 0) is 48.1 Å². The highest BCUT2D eigenvalue weighted by Gasteiger charge is 2.07. The number of aromatic nitrogens is 2. The van der Waals surface area contributed by atoms with Gasteiger partial charge in [-0.1, -0.05) is 23.7 Å². The Kier molecular flexibility index (Phi) is 3.31. The summed E-state index contributed by atoms with van der Waals surface area (Å²) in [6.45, 7) is 0. The molecule has 0 saturated heterocycles. The summed E-state index contributed by atoms with van der Waals surface area (Å²) < 4.78 is 2.56. The van der Waals surface area contributed by atoms with Crippen molar-refractivity contribution in [3.8, 4) is 11.8 Å². The molecule has 3 nitrogen and oxygen atoms in total. The van der Waals surface area contributed by atoms with Gasteiger partial charge >= 0.3 is 0 Å². The standard InChI is InChI=1S/C15H10ClN3S/c16-11-3-6-13-14(9-11)19(15(20)18-13)12-4-1-10(2-5-12)7-8-17/h1-6,9H,7H2,(H,18,20). The minimum atomic E-state index is 0.408. The number of benzene rings is 2. The van der Waals surface area contributed by atoms with Crippen molar-refractivity contribution in [1.29, 1.82) is 5.26 Å². The Balaban J connectivity index is 2.18. The van der Waals surface area contributed by atoms with Gasteiger partial charge in [-0.15, -0.1) is 0 Å². The van der Waals surface area contributed by atoms with Crippen molar-refractivity contribution in [2.75, 3.05) is 0 Å². The first kappa shape index (κ1) is 12.9. The predicted octanol–water partition coefficient (Wildman–Crippen LogP) is 4.41. The minimum Gasteiger partial charge on any atom is -0.330 e. The summed E-state index contributed by atoms with van der Waals surface area (Å²) in [5.41, 5.74) is 3.82. The molecule has 0 aliphatic rings. The smallest absolute Gasteiger partial charge is 0.182 e. The Labute approximate surface area is 126 Å². The maximum absolute atomic E-state index is 8.70. The first-order valence-corrected chi connectivity index (χ1v) is 6.84. The zero-order valence-corrected chi connectivity index (χ0v) is 12.0. The predicted molar refractivity (Wildman–Crippen MR) is 82.8 cm³/mol. The SMILES string of the molecule is N#CCc1ccc(-n2c(=S)[nH]c3ccc(Cl)cc32)cc1. The van der Waals surface area contributed by atoms with Crippen LogP contribution in [0.2, 0.25) is 5.02 Å². The second kappa shape index (κ2) is 5.12. The van der Waals surface area contributed by atoms with Gasteiger partial charge in [-0.3, -0.25) is 4.57 Å². The Morgan fingerprint density at radius 2 is 1.95 bits per heavy atom. The summed E-state index contributed by atoms with van der Waals surface area (Å²) in [4.78, 5) is 3.16. The number of nitriles is 1. The van der Waals surface area contributed by atoms with Crippen LogP contribution in [-0.2, 0) is 6.42 Å². The molecule has 1 N–H and O–H groups in total. The van der Waals surface area contributed by atoms with Crippen molar-refractivity contribution < 1.29 is 0 Å². The molecule has 98 valence electrons. The van der Waals surface area contributed by atoms with Crippen LogP contribution in [0, 0.1) is 16.1 Å². The van der Waals surface area contributed by atoms with E-state index in [0.717, 1.165) is 22.3 Å². The molecule has 0 atom stereocenters. The van der Waals surface area contributed by atoms with E-state index in [0.29, 0.717) is 16.2 Å². The van der Waals surface area contributed by atoms with Crippen molar-refractivity contribution in [1.82, 2.24) is 9.55 Å². The molecule has 0 fully saturated rings. The number of nitrogens with zero attached hydrogens (tertiary/aromatic N) is 2. The highest BCUT2D eigenvalue weighted by atomic mass is 35.5. The maximum atomic E-state index is 8.70. The summed E-state index contributed by atoms with van der Waals surface area (Å²) in [6.07, 6.45) is 0.408. The van der Waals surface area contributed by atoms with Gasteiger partial charge in [-0.2, -0.15) is 5.26 Å². The Morgan fingerprint density at radius 3 is 2.65 bits per heavy atom. The summed E-state index contributed by atoms with van der Waals surface area (Å²) in [5, 5.41) is 9.37. The van der Waals surface area contributed by atoms with Gasteiger partial charge in [0, 0.05) is 10.7 Å². The number of hydrogen-bond donors (Lipinski definition) is 1. The van der Waals surface area contributed by atoms with Crippen LogP contribution in [0.1, 0.15) is 5.56 Å². The molecule has 3 aromatic rings. The lowest BCUT2D eigenvalue weighted by molar-refractivity contribution is 1.06. The van der Waals surface area contributed by atoms with E-state index in [1.807, 2.05) is 47.0 Å². The van der Waals surface area contributed by atoms with Gasteiger partial charge in [0.15, 0.2) is 4.77 Å². The Hall–Kier alpha value is -2.09. The van der Waals surface area contributed by atoms with Crippen molar-refractivity contribution in [3.05, 3.63) is 57.8 Å². The molecule has 3 rings (SSSR count). The second-order valence-corrected chi connectivity index (χ2v) is 5.25. The topological polar surface area (TPSA) is 44.5 Å². The van der Waals surface area contributed by atoms with E-state index in [2.05, 4.69) is 11.1 Å². The number of hydrogen-bond acceptors (Lipinski definition) is 2. The number of nitrogens with one attached hydrogen (secondary N) is 1. The molecule has 0 aliphatic carbocycles. The molecule has 0 spiro atoms. The summed E-state index contributed by atoms with van der Waals surface area (Å²) >= 11 is 11.4. The average molecular weight is 300 g/mol. The van der Waals surface area contributed by atoms with Crippen molar-refractivity contribution in [2.45, 2.75) is 6.42 Å². The molecule has 0 bridgehead atoms. The van der Waals surface area contributed by atoms with E-state index in [-0.39, 0.29) is 0 Å². The van der Waals surface area contributed by atoms with Gasteiger partial charge in [0.1, 0.15) is 0 Å². The molecule has 0 unspecified atom stereocenters. The average Bonchev–Trinajstić information content (AvgIpc) is 2.76. The number of rotatable bonds is 2.